The molecule has 0 aliphatic heterocycles. The SMILES string of the molecule is c1ccc(N(c2ccccc2)c2ccc(-c3ccc(N(c4ccc(-c5ccc(-c6ccc7oc8ccccc8c7c6)c6ccccc56)cc4)c4ccc5c6ccccc6c6ccccc6c5c4)cc3)c3ccccc23)cc1.c1ccc(N(c2ccccc2)c2ccc(-c3ccc(N(c4ccc(-c5ccc(-c6ccc7oc8ccccc8c7c6)cc5)cc4)c4ccc5c6ccccc6c6ccccc6c5c4)cc3)c3ccccc23)cc1. The Labute approximate surface area is 868 Å². The van der Waals surface area contributed by atoms with Gasteiger partial charge in [0.2, 0.25) is 0 Å². The Balaban J connectivity index is 0.000000144. The van der Waals surface area contributed by atoms with Crippen LogP contribution in [0.15, 0.2) is 579 Å². The Morgan fingerprint density at radius 3 is 0.640 bits per heavy atom. The van der Waals surface area contributed by atoms with Gasteiger partial charge in [0.15, 0.2) is 0 Å². The number of nitrogens with zero attached hydrogens (tertiary/aromatic N) is 4. The third-order valence-electron chi connectivity index (χ3n) is 30.3. The van der Waals surface area contributed by atoms with Crippen LogP contribution in [0.25, 0.3) is 208 Å². The summed E-state index contributed by atoms with van der Waals surface area (Å²) >= 11 is 0. The van der Waals surface area contributed by atoms with E-state index in [1.165, 1.54) is 141 Å². The first-order valence-corrected chi connectivity index (χ1v) is 51.4. The van der Waals surface area contributed by atoms with Gasteiger partial charge >= 0.3 is 0 Å². The van der Waals surface area contributed by atoms with Crippen LogP contribution in [0.3, 0.4) is 0 Å². The Kier molecular flexibility index (Phi) is 21.9. The number of hydrogen-bond acceptors (Lipinski definition) is 6. The third kappa shape index (κ3) is 15.6. The molecule has 0 aliphatic rings. The maximum Gasteiger partial charge on any atom is 0.135 e. The molecule has 0 aliphatic carbocycles. The van der Waals surface area contributed by atoms with Crippen molar-refractivity contribution in [3.63, 3.8) is 0 Å². The number of rotatable bonds is 18. The standard InChI is InChI=1S/C74H48N2O.C70H46N2O/c1-3-17-52(18-4-1)76(53-19-5-2-6-20-53)72-45-44-58(62-23-13-14-28-68(62)72)50-33-38-55(39-34-50)75(56-40-41-67-65-26-10-9-24-63(65)64-25-11-12-27-66(64)70(67)48-56)54-36-31-49(32-37-54)57-42-43-59(61-22-8-7-21-60(57)61)51-35-46-74-71(47-51)69-29-15-16-30-73(69)77-74;1-3-15-52(16-4-1)72(53-17-5-2-6-18-53)68-43-42-57(58-19-11-12-24-64(58)68)50-33-38-55(39-34-50)71(56-40-41-63-61-22-8-7-20-59(61)60-21-9-10-23-62(60)66(63)46-56)54-36-31-48(32-37-54)47-27-29-49(30-28-47)51-35-44-70-67(45-51)65-25-13-14-26-69(65)73-70/h1-48H;1-46H. The van der Waals surface area contributed by atoms with Crippen LogP contribution in [0.1, 0.15) is 0 Å². The molecule has 150 heavy (non-hydrogen) atoms. The molecule has 6 heteroatoms. The molecule has 0 spiro atoms. The van der Waals surface area contributed by atoms with Crippen molar-refractivity contribution in [2.75, 3.05) is 19.6 Å². The van der Waals surface area contributed by atoms with E-state index in [1.807, 2.05) is 24.3 Å². The van der Waals surface area contributed by atoms with Gasteiger partial charge in [-0.1, -0.05) is 400 Å². The fourth-order valence-corrected chi connectivity index (χ4v) is 23.2. The van der Waals surface area contributed by atoms with E-state index in [-0.39, 0.29) is 0 Å². The van der Waals surface area contributed by atoms with Gasteiger partial charge in [-0.2, -0.15) is 0 Å². The van der Waals surface area contributed by atoms with E-state index in [9.17, 15) is 0 Å². The lowest BCUT2D eigenvalue weighted by Gasteiger charge is -2.28. The number of anilines is 12. The highest BCUT2D eigenvalue weighted by Crippen LogP contribution is 2.51. The second-order valence-electron chi connectivity index (χ2n) is 38.8. The van der Waals surface area contributed by atoms with E-state index in [0.29, 0.717) is 0 Å². The smallest absolute Gasteiger partial charge is 0.135 e. The average Bonchev–Trinajstić information content (AvgIpc) is 1.20. The van der Waals surface area contributed by atoms with Crippen LogP contribution in [0.4, 0.5) is 68.2 Å². The molecule has 29 aromatic rings. The van der Waals surface area contributed by atoms with Crippen LogP contribution in [-0.4, -0.2) is 0 Å². The molecule has 0 fully saturated rings. The van der Waals surface area contributed by atoms with Crippen molar-refractivity contribution in [2.24, 2.45) is 0 Å². The summed E-state index contributed by atoms with van der Waals surface area (Å²) in [6, 6.07) is 207. The molecule has 0 saturated carbocycles. The molecule has 2 heterocycles. The van der Waals surface area contributed by atoms with E-state index in [0.717, 1.165) is 134 Å². The lowest BCUT2D eigenvalue weighted by atomic mass is 9.91. The van der Waals surface area contributed by atoms with E-state index >= 15 is 0 Å². The maximum atomic E-state index is 6.21. The molecule has 702 valence electrons. The number of hydrogen-bond donors (Lipinski definition) is 0. The Morgan fingerprint density at radius 2 is 0.307 bits per heavy atom. The monoisotopic (exact) mass is 1910 g/mol. The van der Waals surface area contributed by atoms with Gasteiger partial charge in [-0.3, -0.25) is 0 Å². The number of para-hydroxylation sites is 6. The Hall–Kier alpha value is -19.9. The van der Waals surface area contributed by atoms with Crippen molar-refractivity contribution in [3.8, 4) is 66.8 Å². The summed E-state index contributed by atoms with van der Waals surface area (Å²) in [5, 5.41) is 26.8. The maximum absolute atomic E-state index is 6.21. The predicted octanol–water partition coefficient (Wildman–Crippen LogP) is 41.4. The minimum atomic E-state index is 0.903. The fraction of sp³-hybridized carbons (Fsp3) is 0. The summed E-state index contributed by atoms with van der Waals surface area (Å²) in [6.45, 7) is 0. The minimum absolute atomic E-state index is 0.903. The zero-order valence-electron chi connectivity index (χ0n) is 81.9. The van der Waals surface area contributed by atoms with E-state index in [2.05, 4.69) is 566 Å². The van der Waals surface area contributed by atoms with Gasteiger partial charge in [-0.25, -0.2) is 0 Å². The summed E-state index contributed by atoms with van der Waals surface area (Å²) in [5.41, 5.74) is 30.9. The Bertz CT molecular complexity index is 10100. The highest BCUT2D eigenvalue weighted by molar-refractivity contribution is 6.28. The van der Waals surface area contributed by atoms with Gasteiger partial charge in [0, 0.05) is 89.2 Å². The molecule has 0 saturated heterocycles. The summed E-state index contributed by atoms with van der Waals surface area (Å²) in [6.07, 6.45) is 0. The summed E-state index contributed by atoms with van der Waals surface area (Å²) in [7, 11) is 0. The molecule has 29 rings (SSSR count). The molecule has 0 unspecified atom stereocenters. The van der Waals surface area contributed by atoms with Crippen molar-refractivity contribution in [1.29, 1.82) is 0 Å². The summed E-state index contributed by atoms with van der Waals surface area (Å²) < 4.78 is 12.3. The van der Waals surface area contributed by atoms with Crippen molar-refractivity contribution in [1.82, 2.24) is 0 Å². The van der Waals surface area contributed by atoms with Gasteiger partial charge in [0.1, 0.15) is 22.3 Å². The minimum Gasteiger partial charge on any atom is -0.456 e. The molecule has 0 atom stereocenters. The van der Waals surface area contributed by atoms with Crippen LogP contribution in [0.2, 0.25) is 0 Å². The first-order valence-electron chi connectivity index (χ1n) is 51.4. The molecule has 0 radical (unpaired) electrons. The van der Waals surface area contributed by atoms with Crippen molar-refractivity contribution in [2.45, 2.75) is 0 Å². The first-order chi connectivity index (χ1) is 74.4. The van der Waals surface area contributed by atoms with E-state index in [1.54, 1.807) is 0 Å². The number of fused-ring (bicyclic) bond motifs is 21. The normalized spacial score (nSPS) is 11.6. The van der Waals surface area contributed by atoms with Crippen molar-refractivity contribution >= 4 is 209 Å². The zero-order chi connectivity index (χ0) is 99.1. The topological polar surface area (TPSA) is 39.2 Å². The molecular weight excluding hydrogens is 1820 g/mol. The van der Waals surface area contributed by atoms with Gasteiger partial charge in [0.25, 0.3) is 0 Å². The summed E-state index contributed by atoms with van der Waals surface area (Å²) in [4.78, 5) is 9.52. The van der Waals surface area contributed by atoms with Crippen LogP contribution in [0.5, 0.6) is 0 Å². The third-order valence-corrected chi connectivity index (χ3v) is 30.3. The van der Waals surface area contributed by atoms with Crippen LogP contribution >= 0.6 is 0 Å². The zero-order valence-corrected chi connectivity index (χ0v) is 81.9. The van der Waals surface area contributed by atoms with Gasteiger partial charge < -0.3 is 28.4 Å². The second-order valence-corrected chi connectivity index (χ2v) is 38.8. The van der Waals surface area contributed by atoms with Crippen molar-refractivity contribution in [3.05, 3.63) is 570 Å². The fourth-order valence-electron chi connectivity index (χ4n) is 23.2. The van der Waals surface area contributed by atoms with Crippen molar-refractivity contribution < 1.29 is 8.83 Å². The largest absolute Gasteiger partial charge is 0.456 e. The predicted molar refractivity (Wildman–Crippen MR) is 636 cm³/mol. The van der Waals surface area contributed by atoms with Crippen LogP contribution in [0, 0.1) is 0 Å². The number of benzene rings is 27. The lowest BCUT2D eigenvalue weighted by Crippen LogP contribution is -2.10. The van der Waals surface area contributed by atoms with Crippen LogP contribution < -0.4 is 19.6 Å². The van der Waals surface area contributed by atoms with Gasteiger partial charge in [-0.05, 0) is 323 Å². The Morgan fingerprint density at radius 1 is 0.100 bits per heavy atom. The van der Waals surface area contributed by atoms with E-state index in [4.69, 9.17) is 8.83 Å². The number of furan rings is 2. The highest BCUT2D eigenvalue weighted by atomic mass is 16.3. The first kappa shape index (κ1) is 87.8. The second kappa shape index (κ2) is 37.4. The molecule has 2 aromatic heterocycles. The average molecular weight is 1910 g/mol. The highest BCUT2D eigenvalue weighted by Gasteiger charge is 2.26. The van der Waals surface area contributed by atoms with Gasteiger partial charge in [0.05, 0.1) is 11.4 Å². The molecule has 0 bridgehead atoms. The lowest BCUT2D eigenvalue weighted by molar-refractivity contribution is 0.668. The molecule has 0 N–H and O–H groups in total. The van der Waals surface area contributed by atoms with E-state index < -0.39 is 0 Å². The quantitative estimate of drug-likeness (QED) is 0.0798. The summed E-state index contributed by atoms with van der Waals surface area (Å²) in [5.74, 6) is 0. The van der Waals surface area contributed by atoms with Gasteiger partial charge in [-0.15, -0.1) is 0 Å². The molecular formula is C144H94N4O2. The molecule has 0 amide bonds. The molecule has 27 aromatic carbocycles. The van der Waals surface area contributed by atoms with Crippen LogP contribution in [-0.2, 0) is 0 Å². The molecule has 6 nitrogen and oxygen atoms in total.